The summed E-state index contributed by atoms with van der Waals surface area (Å²) in [5, 5.41) is 11.9. The molecular weight excluding hydrogens is 398 g/mol. The van der Waals surface area contributed by atoms with Gasteiger partial charge in [-0.1, -0.05) is 6.07 Å². The van der Waals surface area contributed by atoms with E-state index in [-0.39, 0.29) is 6.03 Å². The van der Waals surface area contributed by atoms with Gasteiger partial charge in [-0.25, -0.2) is 19.7 Å². The van der Waals surface area contributed by atoms with E-state index in [4.69, 9.17) is 9.47 Å². The zero-order valence-corrected chi connectivity index (χ0v) is 17.6. The average molecular weight is 423 g/mol. The smallest absolute Gasteiger partial charge is 0.319 e. The van der Waals surface area contributed by atoms with Crippen LogP contribution < -0.4 is 30.7 Å². The fourth-order valence-electron chi connectivity index (χ4n) is 2.75. The van der Waals surface area contributed by atoms with Crippen molar-refractivity contribution in [3.05, 3.63) is 54.5 Å². The number of nitrogens with zero attached hydrogens (tertiary/aromatic N) is 3. The third-order valence-electron chi connectivity index (χ3n) is 4.12. The van der Waals surface area contributed by atoms with Crippen LogP contribution in [0.5, 0.6) is 11.5 Å². The topological polar surface area (TPSA) is 122 Å². The van der Waals surface area contributed by atoms with Crippen LogP contribution in [0.4, 0.5) is 27.9 Å². The first-order valence-corrected chi connectivity index (χ1v) is 9.62. The number of ether oxygens (including phenoxy) is 2. The maximum atomic E-state index is 12.1. The first-order valence-electron chi connectivity index (χ1n) is 9.62. The monoisotopic (exact) mass is 423 g/mol. The van der Waals surface area contributed by atoms with Gasteiger partial charge in [-0.15, -0.1) is 0 Å². The molecule has 10 heteroatoms. The lowest BCUT2D eigenvalue weighted by Crippen LogP contribution is -2.32. The highest BCUT2D eigenvalue weighted by atomic mass is 16.5. The normalized spacial score (nSPS) is 10.2. The highest BCUT2D eigenvalue weighted by Crippen LogP contribution is 2.29. The SMILES string of the molecule is COc1ccc(NC(=O)NCCNc2cc(Nc3ccccn3)nc(C)n2)cc1OC. The van der Waals surface area contributed by atoms with Gasteiger partial charge in [0, 0.05) is 37.1 Å². The van der Waals surface area contributed by atoms with Crippen molar-refractivity contribution >= 4 is 29.2 Å². The van der Waals surface area contributed by atoms with Crippen molar-refractivity contribution in [3.8, 4) is 11.5 Å². The number of rotatable bonds is 9. The second-order valence-electron chi connectivity index (χ2n) is 6.40. The molecule has 31 heavy (non-hydrogen) atoms. The van der Waals surface area contributed by atoms with Crippen LogP contribution in [-0.2, 0) is 0 Å². The largest absolute Gasteiger partial charge is 0.493 e. The van der Waals surface area contributed by atoms with Gasteiger partial charge in [0.2, 0.25) is 0 Å². The molecule has 0 aliphatic rings. The van der Waals surface area contributed by atoms with Gasteiger partial charge < -0.3 is 30.7 Å². The van der Waals surface area contributed by atoms with Crippen molar-refractivity contribution < 1.29 is 14.3 Å². The molecule has 0 radical (unpaired) electrons. The van der Waals surface area contributed by atoms with E-state index in [9.17, 15) is 4.79 Å². The second-order valence-corrected chi connectivity index (χ2v) is 6.40. The van der Waals surface area contributed by atoms with Crippen LogP contribution in [0.1, 0.15) is 5.82 Å². The minimum absolute atomic E-state index is 0.328. The molecule has 0 fully saturated rings. The van der Waals surface area contributed by atoms with Gasteiger partial charge in [-0.3, -0.25) is 0 Å². The number of benzene rings is 1. The number of carbonyl (C=O) groups excluding carboxylic acids is 1. The van der Waals surface area contributed by atoms with Crippen molar-refractivity contribution in [2.45, 2.75) is 6.92 Å². The van der Waals surface area contributed by atoms with Crippen molar-refractivity contribution in [2.24, 2.45) is 0 Å². The molecule has 4 N–H and O–H groups in total. The van der Waals surface area contributed by atoms with Crippen molar-refractivity contribution in [1.29, 1.82) is 0 Å². The lowest BCUT2D eigenvalue weighted by Gasteiger charge is -2.12. The van der Waals surface area contributed by atoms with Crippen LogP contribution >= 0.6 is 0 Å². The summed E-state index contributed by atoms with van der Waals surface area (Å²) >= 11 is 0. The number of aryl methyl sites for hydroxylation is 1. The summed E-state index contributed by atoms with van der Waals surface area (Å²) < 4.78 is 10.4. The molecule has 10 nitrogen and oxygen atoms in total. The zero-order chi connectivity index (χ0) is 22.1. The number of amides is 2. The summed E-state index contributed by atoms with van der Waals surface area (Å²) in [6.45, 7) is 2.69. The molecule has 2 heterocycles. The molecule has 0 atom stereocenters. The van der Waals surface area contributed by atoms with E-state index in [0.717, 1.165) is 0 Å². The maximum absolute atomic E-state index is 12.1. The van der Waals surface area contributed by atoms with Crippen LogP contribution in [0.2, 0.25) is 0 Å². The zero-order valence-electron chi connectivity index (χ0n) is 17.6. The van der Waals surface area contributed by atoms with E-state index in [2.05, 4.69) is 36.2 Å². The maximum Gasteiger partial charge on any atom is 0.319 e. The van der Waals surface area contributed by atoms with Gasteiger partial charge in [0.15, 0.2) is 11.5 Å². The third kappa shape index (κ3) is 6.46. The number of pyridine rings is 1. The molecule has 3 aromatic rings. The Morgan fingerprint density at radius 2 is 1.74 bits per heavy atom. The molecule has 1 aromatic carbocycles. The Hall–Kier alpha value is -4.08. The highest BCUT2D eigenvalue weighted by Gasteiger charge is 2.07. The number of hydrogen-bond donors (Lipinski definition) is 4. The molecule has 0 aliphatic heterocycles. The van der Waals surface area contributed by atoms with Crippen molar-refractivity contribution in [2.75, 3.05) is 43.3 Å². The molecule has 0 unspecified atom stereocenters. The van der Waals surface area contributed by atoms with Gasteiger partial charge >= 0.3 is 6.03 Å². The summed E-state index contributed by atoms with van der Waals surface area (Å²) in [4.78, 5) is 25.1. The minimum atomic E-state index is -0.328. The Kier molecular flexibility index (Phi) is 7.41. The Bertz CT molecular complexity index is 1020. The summed E-state index contributed by atoms with van der Waals surface area (Å²) in [5.41, 5.74) is 0.597. The fraction of sp³-hybridized carbons (Fsp3) is 0.238. The van der Waals surface area contributed by atoms with Crippen molar-refractivity contribution in [1.82, 2.24) is 20.3 Å². The Morgan fingerprint density at radius 3 is 2.48 bits per heavy atom. The summed E-state index contributed by atoms with van der Waals surface area (Å²) in [7, 11) is 3.10. The van der Waals surface area contributed by atoms with Crippen LogP contribution in [-0.4, -0.2) is 48.3 Å². The number of carbonyl (C=O) groups is 1. The predicted octanol–water partition coefficient (Wildman–Crippen LogP) is 3.17. The van der Waals surface area contributed by atoms with Gasteiger partial charge in [0.25, 0.3) is 0 Å². The molecule has 162 valence electrons. The van der Waals surface area contributed by atoms with Crippen LogP contribution in [0.3, 0.4) is 0 Å². The van der Waals surface area contributed by atoms with E-state index in [0.29, 0.717) is 53.6 Å². The molecule has 2 aromatic heterocycles. The second kappa shape index (κ2) is 10.6. The third-order valence-corrected chi connectivity index (χ3v) is 4.12. The molecule has 0 saturated carbocycles. The molecule has 3 rings (SSSR count). The number of nitrogens with one attached hydrogen (secondary N) is 4. The van der Waals surface area contributed by atoms with E-state index < -0.39 is 0 Å². The molecule has 0 spiro atoms. The first kappa shape index (κ1) is 21.6. The van der Waals surface area contributed by atoms with Gasteiger partial charge in [-0.05, 0) is 31.2 Å². The van der Waals surface area contributed by atoms with Gasteiger partial charge in [0.1, 0.15) is 23.3 Å². The van der Waals surface area contributed by atoms with Crippen LogP contribution in [0.25, 0.3) is 0 Å². The molecule has 2 amide bonds. The minimum Gasteiger partial charge on any atom is -0.493 e. The Labute approximate surface area is 180 Å². The number of hydrogen-bond acceptors (Lipinski definition) is 8. The molecule has 0 bridgehead atoms. The fourth-order valence-corrected chi connectivity index (χ4v) is 2.75. The van der Waals surface area contributed by atoms with E-state index in [1.807, 2.05) is 25.1 Å². The summed E-state index contributed by atoms with van der Waals surface area (Å²) in [6.07, 6.45) is 1.70. The standard InChI is InChI=1S/C21H25N7O3/c1-14-25-19(13-20(26-14)28-18-6-4-5-9-22-18)23-10-11-24-21(29)27-15-7-8-16(30-2)17(12-15)31-3/h4-9,12-13H,10-11H2,1-3H3,(H2,24,27,29)(H2,22,23,25,26,28). The number of aromatic nitrogens is 3. The van der Waals surface area contributed by atoms with E-state index >= 15 is 0 Å². The Balaban J connectivity index is 1.47. The molecule has 0 aliphatic carbocycles. The predicted molar refractivity (Wildman–Crippen MR) is 119 cm³/mol. The lowest BCUT2D eigenvalue weighted by molar-refractivity contribution is 0.252. The highest BCUT2D eigenvalue weighted by molar-refractivity contribution is 5.89. The average Bonchev–Trinajstić information content (AvgIpc) is 2.77. The van der Waals surface area contributed by atoms with E-state index in [1.54, 1.807) is 44.7 Å². The quantitative estimate of drug-likeness (QED) is 0.387. The van der Waals surface area contributed by atoms with Crippen LogP contribution in [0, 0.1) is 6.92 Å². The molecular formula is C21H25N7O3. The molecule has 0 saturated heterocycles. The van der Waals surface area contributed by atoms with E-state index in [1.165, 1.54) is 0 Å². The lowest BCUT2D eigenvalue weighted by atomic mass is 10.3. The first-order chi connectivity index (χ1) is 15.1. The van der Waals surface area contributed by atoms with Crippen LogP contribution in [0.15, 0.2) is 48.7 Å². The summed E-state index contributed by atoms with van der Waals surface area (Å²) in [6, 6.07) is 12.2. The Morgan fingerprint density at radius 1 is 0.935 bits per heavy atom. The van der Waals surface area contributed by atoms with Gasteiger partial charge in [0.05, 0.1) is 14.2 Å². The number of urea groups is 1. The van der Waals surface area contributed by atoms with Crippen molar-refractivity contribution in [3.63, 3.8) is 0 Å². The number of anilines is 4. The summed E-state index contributed by atoms with van der Waals surface area (Å²) in [5.74, 6) is 3.72. The van der Waals surface area contributed by atoms with Gasteiger partial charge in [-0.2, -0.15) is 0 Å². The number of methoxy groups -OCH3 is 2.